The van der Waals surface area contributed by atoms with E-state index in [2.05, 4.69) is 26.1 Å². The summed E-state index contributed by atoms with van der Waals surface area (Å²) in [7, 11) is -3.93. The number of hydrogen-bond donors (Lipinski definition) is 1. The van der Waals surface area contributed by atoms with E-state index in [4.69, 9.17) is 11.6 Å². The van der Waals surface area contributed by atoms with E-state index in [9.17, 15) is 13.2 Å². The molecule has 0 aliphatic rings. The van der Waals surface area contributed by atoms with Gasteiger partial charge in [-0.3, -0.25) is 9.10 Å². The lowest BCUT2D eigenvalue weighted by Crippen LogP contribution is -2.41. The van der Waals surface area contributed by atoms with Crippen LogP contribution < -0.4 is 9.62 Å². The number of hydrogen-bond acceptors (Lipinski definition) is 4. The number of halogens is 1. The predicted molar refractivity (Wildman–Crippen MR) is 122 cm³/mol. The molecule has 0 aromatic heterocycles. The second-order valence-corrected chi connectivity index (χ2v) is 11.7. The monoisotopic (exact) mass is 454 g/mol. The minimum absolute atomic E-state index is 0.102. The van der Waals surface area contributed by atoms with Gasteiger partial charge in [0.05, 0.1) is 10.6 Å². The van der Waals surface area contributed by atoms with Gasteiger partial charge in [-0.25, -0.2) is 8.42 Å². The molecule has 0 atom stereocenters. The normalized spacial score (nSPS) is 11.9. The third-order valence-corrected chi connectivity index (χ3v) is 7.54. The van der Waals surface area contributed by atoms with E-state index >= 15 is 0 Å². The van der Waals surface area contributed by atoms with Gasteiger partial charge in [-0.2, -0.15) is 11.8 Å². The first-order chi connectivity index (χ1) is 13.5. The smallest absolute Gasteiger partial charge is 0.264 e. The molecule has 0 aliphatic heterocycles. The first kappa shape index (κ1) is 23.6. The van der Waals surface area contributed by atoms with Crippen molar-refractivity contribution in [3.05, 3.63) is 59.1 Å². The number of thioether (sulfide) groups is 1. The molecule has 0 bridgehead atoms. The van der Waals surface area contributed by atoms with Gasteiger partial charge in [-0.15, -0.1) is 0 Å². The Kier molecular flexibility index (Phi) is 8.02. The molecule has 0 radical (unpaired) electrons. The minimum Gasteiger partial charge on any atom is -0.354 e. The number of carbonyl (C=O) groups excluding carboxylic acids is 1. The summed E-state index contributed by atoms with van der Waals surface area (Å²) in [5.41, 5.74) is 0.991. The Balaban J connectivity index is 2.27. The Labute approximate surface area is 182 Å². The summed E-state index contributed by atoms with van der Waals surface area (Å²) in [5.74, 6) is 0.384. The minimum atomic E-state index is -3.93. The number of rotatable bonds is 8. The molecule has 0 aliphatic carbocycles. The molecule has 2 rings (SSSR count). The molecule has 1 amide bonds. The number of sulfonamides is 1. The van der Waals surface area contributed by atoms with Gasteiger partial charge >= 0.3 is 0 Å². The Bertz CT molecular complexity index is 942. The largest absolute Gasteiger partial charge is 0.354 e. The number of nitrogens with zero attached hydrogens (tertiary/aromatic N) is 1. The van der Waals surface area contributed by atoms with E-state index in [1.165, 1.54) is 12.1 Å². The molecule has 158 valence electrons. The van der Waals surface area contributed by atoms with Crippen molar-refractivity contribution in [1.82, 2.24) is 5.32 Å². The Hall–Kier alpha value is -1.70. The Morgan fingerprint density at radius 1 is 1.10 bits per heavy atom. The highest BCUT2D eigenvalue weighted by molar-refractivity contribution is 8.00. The molecule has 5 nitrogen and oxygen atoms in total. The summed E-state index contributed by atoms with van der Waals surface area (Å²) in [4.78, 5) is 12.7. The van der Waals surface area contributed by atoms with Gasteiger partial charge in [-0.1, -0.05) is 56.6 Å². The molecule has 1 N–H and O–H groups in total. The summed E-state index contributed by atoms with van der Waals surface area (Å²) < 4.78 is 27.8. The molecular formula is C21H27ClN2O3S2. The van der Waals surface area contributed by atoms with E-state index in [0.717, 1.165) is 10.1 Å². The molecule has 2 aromatic rings. The standard InChI is InChI=1S/C21H27ClN2O3S2/c1-16-18(22)11-8-12-19(16)24(29(26,27)17-9-6-5-7-10-17)15-20(25)23-13-14-28-21(2,3)4/h5-12H,13-15H2,1-4H3,(H,23,25). The number of amides is 1. The van der Waals surface area contributed by atoms with Crippen molar-refractivity contribution in [3.8, 4) is 0 Å². The van der Waals surface area contributed by atoms with Gasteiger partial charge in [0.2, 0.25) is 5.91 Å². The fraction of sp³-hybridized carbons (Fsp3) is 0.381. The Morgan fingerprint density at radius 2 is 1.76 bits per heavy atom. The van der Waals surface area contributed by atoms with E-state index in [0.29, 0.717) is 22.8 Å². The average Bonchev–Trinajstić information content (AvgIpc) is 2.66. The van der Waals surface area contributed by atoms with Crippen molar-refractivity contribution >= 4 is 45.0 Å². The van der Waals surface area contributed by atoms with Crippen molar-refractivity contribution in [2.75, 3.05) is 23.1 Å². The van der Waals surface area contributed by atoms with E-state index < -0.39 is 10.0 Å². The van der Waals surface area contributed by atoms with Crippen LogP contribution in [0.3, 0.4) is 0 Å². The van der Waals surface area contributed by atoms with Crippen molar-refractivity contribution in [3.63, 3.8) is 0 Å². The second kappa shape index (κ2) is 9.87. The van der Waals surface area contributed by atoms with Gasteiger partial charge < -0.3 is 5.32 Å². The first-order valence-electron chi connectivity index (χ1n) is 9.26. The summed E-state index contributed by atoms with van der Waals surface area (Å²) >= 11 is 7.94. The zero-order valence-electron chi connectivity index (χ0n) is 17.1. The number of nitrogens with one attached hydrogen (secondary N) is 1. The lowest BCUT2D eigenvalue weighted by atomic mass is 10.2. The third kappa shape index (κ3) is 6.66. The maximum Gasteiger partial charge on any atom is 0.264 e. The van der Waals surface area contributed by atoms with E-state index in [1.54, 1.807) is 55.1 Å². The van der Waals surface area contributed by atoms with Crippen LogP contribution in [0.25, 0.3) is 0 Å². The Morgan fingerprint density at radius 3 is 2.38 bits per heavy atom. The molecule has 2 aromatic carbocycles. The van der Waals surface area contributed by atoms with E-state index in [-0.39, 0.29) is 22.1 Å². The van der Waals surface area contributed by atoms with Crippen molar-refractivity contribution in [2.45, 2.75) is 37.3 Å². The third-order valence-electron chi connectivity index (χ3n) is 4.09. The van der Waals surface area contributed by atoms with Crippen LogP contribution in [0, 0.1) is 6.92 Å². The van der Waals surface area contributed by atoms with Crippen LogP contribution in [-0.2, 0) is 14.8 Å². The fourth-order valence-electron chi connectivity index (χ4n) is 2.62. The molecule has 8 heteroatoms. The fourth-order valence-corrected chi connectivity index (χ4v) is 5.11. The molecule has 0 saturated carbocycles. The van der Waals surface area contributed by atoms with Crippen LogP contribution in [0.5, 0.6) is 0 Å². The number of carbonyl (C=O) groups is 1. The topological polar surface area (TPSA) is 66.5 Å². The summed E-state index contributed by atoms with van der Waals surface area (Å²) in [5, 5.41) is 3.26. The molecule has 0 fully saturated rings. The average molecular weight is 455 g/mol. The van der Waals surface area contributed by atoms with Gasteiger partial charge in [-0.05, 0) is 36.8 Å². The molecular weight excluding hydrogens is 428 g/mol. The summed E-state index contributed by atoms with van der Waals surface area (Å²) in [6.07, 6.45) is 0. The van der Waals surface area contributed by atoms with Crippen molar-refractivity contribution in [1.29, 1.82) is 0 Å². The van der Waals surface area contributed by atoms with Crippen LogP contribution in [0.4, 0.5) is 5.69 Å². The van der Waals surface area contributed by atoms with E-state index in [1.807, 2.05) is 0 Å². The number of benzene rings is 2. The lowest BCUT2D eigenvalue weighted by molar-refractivity contribution is -0.119. The molecule has 29 heavy (non-hydrogen) atoms. The molecule has 0 heterocycles. The SMILES string of the molecule is Cc1c(Cl)cccc1N(CC(=O)NCCSC(C)(C)C)S(=O)(=O)c1ccccc1. The van der Waals surface area contributed by atoms with Gasteiger partial charge in [0, 0.05) is 22.1 Å². The van der Waals surface area contributed by atoms with Gasteiger partial charge in [0.25, 0.3) is 10.0 Å². The highest BCUT2D eigenvalue weighted by Crippen LogP contribution is 2.30. The zero-order valence-corrected chi connectivity index (χ0v) is 19.5. The maximum atomic E-state index is 13.3. The van der Waals surface area contributed by atoms with Crippen LogP contribution in [0.1, 0.15) is 26.3 Å². The van der Waals surface area contributed by atoms with Crippen molar-refractivity contribution < 1.29 is 13.2 Å². The highest BCUT2D eigenvalue weighted by Gasteiger charge is 2.28. The van der Waals surface area contributed by atoms with Gasteiger partial charge in [0.15, 0.2) is 0 Å². The molecule has 0 spiro atoms. The second-order valence-electron chi connectivity index (χ2n) is 7.52. The molecule has 0 saturated heterocycles. The molecule has 0 unspecified atom stereocenters. The zero-order chi connectivity index (χ0) is 21.7. The quantitative estimate of drug-likeness (QED) is 0.596. The van der Waals surface area contributed by atoms with Gasteiger partial charge in [0.1, 0.15) is 6.54 Å². The van der Waals surface area contributed by atoms with Crippen LogP contribution in [-0.4, -0.2) is 37.9 Å². The highest BCUT2D eigenvalue weighted by atomic mass is 35.5. The van der Waals surface area contributed by atoms with Crippen LogP contribution in [0.2, 0.25) is 5.02 Å². The number of anilines is 1. The maximum absolute atomic E-state index is 13.3. The predicted octanol–water partition coefficient (Wildman–Crippen LogP) is 4.49. The van der Waals surface area contributed by atoms with Crippen molar-refractivity contribution in [2.24, 2.45) is 0 Å². The summed E-state index contributed by atoms with van der Waals surface area (Å²) in [6.45, 7) is 8.21. The first-order valence-corrected chi connectivity index (χ1v) is 12.1. The lowest BCUT2D eigenvalue weighted by Gasteiger charge is -2.26. The van der Waals surface area contributed by atoms with Crippen LogP contribution in [0.15, 0.2) is 53.4 Å². The summed E-state index contributed by atoms with van der Waals surface area (Å²) in [6, 6.07) is 13.1. The van der Waals surface area contributed by atoms with Crippen LogP contribution >= 0.6 is 23.4 Å².